The molecule has 5 heterocycles. The summed E-state index contributed by atoms with van der Waals surface area (Å²) >= 11 is 0. The molecule has 0 radical (unpaired) electrons. The van der Waals surface area contributed by atoms with Crippen LogP contribution in [0.3, 0.4) is 0 Å². The number of likely N-dealkylation sites (tertiary alicyclic amines) is 1. The Morgan fingerprint density at radius 3 is 2.72 bits per heavy atom. The Bertz CT molecular complexity index is 1140. The lowest BCUT2D eigenvalue weighted by atomic mass is 9.73. The van der Waals surface area contributed by atoms with E-state index in [4.69, 9.17) is 4.74 Å². The molecule has 3 unspecified atom stereocenters. The minimum atomic E-state index is -0.602. The second kappa shape index (κ2) is 9.85. The van der Waals surface area contributed by atoms with Gasteiger partial charge in [-0.3, -0.25) is 19.6 Å². The maximum absolute atomic E-state index is 13.8. The molecule has 2 bridgehead atoms. The highest BCUT2D eigenvalue weighted by Gasteiger charge is 2.45. The molecule has 36 heavy (non-hydrogen) atoms. The van der Waals surface area contributed by atoms with Crippen LogP contribution >= 0.6 is 0 Å². The predicted molar refractivity (Wildman–Crippen MR) is 140 cm³/mol. The van der Waals surface area contributed by atoms with Gasteiger partial charge in [0.2, 0.25) is 5.91 Å². The van der Waals surface area contributed by atoms with Gasteiger partial charge in [-0.15, -0.1) is 6.58 Å². The zero-order valence-electron chi connectivity index (χ0n) is 21.7. The standard InChI is InChI=1S/C29H38N4O3/c1-5-19-18-32-16-13-20(19)17-25(32)26(22-12-14-30-23-10-7-6-9-21(22)23)31-27(34)24-11-8-15-33(24)28(35)36-29(2,3)4/h5-7,9-10,12,14,19-20,24-26H,1,8,11,13,15-18H2,2-4H3,(H,31,34)/t19?,20?,24-,25-,26-/m0/s1. The monoisotopic (exact) mass is 490 g/mol. The lowest BCUT2D eigenvalue weighted by Crippen LogP contribution is -2.58. The third-order valence-electron chi connectivity index (χ3n) is 8.04. The van der Waals surface area contributed by atoms with Crippen molar-refractivity contribution in [1.82, 2.24) is 20.1 Å². The molecule has 4 fully saturated rings. The molecule has 4 aliphatic heterocycles. The number of amides is 2. The fraction of sp³-hybridized carbons (Fsp3) is 0.552. The van der Waals surface area contributed by atoms with Gasteiger partial charge in [-0.2, -0.15) is 0 Å². The Hall–Kier alpha value is -2.93. The fourth-order valence-electron chi connectivity index (χ4n) is 6.32. The van der Waals surface area contributed by atoms with Crippen LogP contribution in [0.5, 0.6) is 0 Å². The van der Waals surface area contributed by atoms with Crippen LogP contribution < -0.4 is 5.32 Å². The summed E-state index contributed by atoms with van der Waals surface area (Å²) in [5.41, 5.74) is 1.41. The Kier molecular flexibility index (Phi) is 6.77. The van der Waals surface area contributed by atoms with Crippen molar-refractivity contribution in [2.45, 2.75) is 70.2 Å². The molecule has 2 aromatic rings. The summed E-state index contributed by atoms with van der Waals surface area (Å²) in [6, 6.07) is 9.63. The molecule has 2 amide bonds. The van der Waals surface area contributed by atoms with Crippen LogP contribution in [0.2, 0.25) is 0 Å². The van der Waals surface area contributed by atoms with Crippen molar-refractivity contribution < 1.29 is 14.3 Å². The van der Waals surface area contributed by atoms with E-state index in [0.29, 0.717) is 24.8 Å². The molecule has 4 aliphatic rings. The fourth-order valence-corrected chi connectivity index (χ4v) is 6.32. The number of pyridine rings is 1. The van der Waals surface area contributed by atoms with Crippen molar-refractivity contribution in [3.8, 4) is 0 Å². The second-order valence-corrected chi connectivity index (χ2v) is 11.5. The maximum Gasteiger partial charge on any atom is 0.410 e. The topological polar surface area (TPSA) is 74.8 Å². The first-order chi connectivity index (χ1) is 17.2. The summed E-state index contributed by atoms with van der Waals surface area (Å²) in [6.45, 7) is 12.2. The second-order valence-electron chi connectivity index (χ2n) is 11.5. The number of nitrogens with one attached hydrogen (secondary N) is 1. The van der Waals surface area contributed by atoms with Crippen LogP contribution in [0.1, 0.15) is 58.1 Å². The highest BCUT2D eigenvalue weighted by atomic mass is 16.6. The Balaban J connectivity index is 1.45. The summed E-state index contributed by atoms with van der Waals surface area (Å²) in [7, 11) is 0. The number of nitrogens with zero attached hydrogens (tertiary/aromatic N) is 3. The molecule has 0 saturated carbocycles. The average molecular weight is 491 g/mol. The van der Waals surface area contributed by atoms with Gasteiger partial charge >= 0.3 is 6.09 Å². The largest absolute Gasteiger partial charge is 0.444 e. The van der Waals surface area contributed by atoms with E-state index >= 15 is 0 Å². The van der Waals surface area contributed by atoms with E-state index in [2.05, 4.69) is 33.9 Å². The van der Waals surface area contributed by atoms with Crippen LogP contribution in [0, 0.1) is 11.8 Å². The van der Waals surface area contributed by atoms with E-state index in [9.17, 15) is 9.59 Å². The zero-order chi connectivity index (χ0) is 25.4. The number of hydrogen-bond acceptors (Lipinski definition) is 5. The van der Waals surface area contributed by atoms with Gasteiger partial charge in [0.05, 0.1) is 11.6 Å². The molecule has 1 aromatic heterocycles. The summed E-state index contributed by atoms with van der Waals surface area (Å²) in [5.74, 6) is 0.972. The summed E-state index contributed by atoms with van der Waals surface area (Å²) in [4.78, 5) is 35.4. The molecule has 6 atom stereocenters. The number of para-hydroxylation sites is 1. The highest BCUT2D eigenvalue weighted by Crippen LogP contribution is 2.42. The van der Waals surface area contributed by atoms with Crippen LogP contribution in [-0.4, -0.2) is 64.1 Å². The molecule has 192 valence electrons. The average Bonchev–Trinajstić information content (AvgIpc) is 3.37. The van der Waals surface area contributed by atoms with Gasteiger partial charge in [0, 0.05) is 30.7 Å². The Morgan fingerprint density at radius 1 is 1.19 bits per heavy atom. The van der Waals surface area contributed by atoms with Gasteiger partial charge in [0.25, 0.3) is 0 Å². The number of piperidine rings is 3. The molecule has 0 spiro atoms. The molecular formula is C29H38N4O3. The molecule has 7 heteroatoms. The molecule has 6 rings (SSSR count). The van der Waals surface area contributed by atoms with Gasteiger partial charge in [-0.05, 0) is 82.5 Å². The quantitative estimate of drug-likeness (QED) is 0.616. The van der Waals surface area contributed by atoms with E-state index in [1.165, 1.54) is 6.42 Å². The van der Waals surface area contributed by atoms with E-state index < -0.39 is 17.7 Å². The normalized spacial score (nSPS) is 28.6. The Morgan fingerprint density at radius 2 is 2.00 bits per heavy atom. The van der Waals surface area contributed by atoms with Crippen LogP contribution in [0.15, 0.2) is 49.2 Å². The molecule has 7 nitrogen and oxygen atoms in total. The number of hydrogen-bond donors (Lipinski definition) is 1. The number of carbonyl (C=O) groups excluding carboxylic acids is 2. The van der Waals surface area contributed by atoms with Gasteiger partial charge in [0.1, 0.15) is 11.6 Å². The van der Waals surface area contributed by atoms with Crippen molar-refractivity contribution in [2.24, 2.45) is 11.8 Å². The first-order valence-corrected chi connectivity index (χ1v) is 13.3. The van der Waals surface area contributed by atoms with Crippen LogP contribution in [0.25, 0.3) is 10.9 Å². The van der Waals surface area contributed by atoms with Crippen molar-refractivity contribution >= 4 is 22.9 Å². The number of rotatable bonds is 5. The third-order valence-corrected chi connectivity index (χ3v) is 8.04. The van der Waals surface area contributed by atoms with Crippen molar-refractivity contribution in [2.75, 3.05) is 19.6 Å². The van der Waals surface area contributed by atoms with Gasteiger partial charge in [-0.1, -0.05) is 24.3 Å². The third kappa shape index (κ3) is 4.85. The van der Waals surface area contributed by atoms with E-state index in [1.807, 2.05) is 51.2 Å². The number of fused-ring (bicyclic) bond motifs is 4. The summed E-state index contributed by atoms with van der Waals surface area (Å²) < 4.78 is 5.61. The molecule has 0 aliphatic carbocycles. The van der Waals surface area contributed by atoms with Crippen LogP contribution in [-0.2, 0) is 9.53 Å². The molecule has 1 aromatic carbocycles. The van der Waals surface area contributed by atoms with Crippen LogP contribution in [0.4, 0.5) is 4.79 Å². The zero-order valence-corrected chi connectivity index (χ0v) is 21.7. The predicted octanol–water partition coefficient (Wildman–Crippen LogP) is 4.69. The SMILES string of the molecule is C=CC1CN2CCC1C[C@H]2[C@@H](NC(=O)[C@@H]1CCCN1C(=O)OC(C)(C)C)c1ccnc2ccccc12. The number of ether oxygens (including phenoxy) is 1. The summed E-state index contributed by atoms with van der Waals surface area (Å²) in [5, 5.41) is 4.48. The van der Waals surface area contributed by atoms with Crippen molar-refractivity contribution in [3.63, 3.8) is 0 Å². The number of benzene rings is 1. The summed E-state index contributed by atoms with van der Waals surface area (Å²) in [6.07, 6.45) is 7.13. The van der Waals surface area contributed by atoms with Crippen molar-refractivity contribution in [3.05, 3.63) is 54.7 Å². The lowest BCUT2D eigenvalue weighted by molar-refractivity contribution is -0.127. The number of aromatic nitrogens is 1. The van der Waals surface area contributed by atoms with E-state index in [-0.39, 0.29) is 18.0 Å². The van der Waals surface area contributed by atoms with Gasteiger partial charge in [0.15, 0.2) is 0 Å². The van der Waals surface area contributed by atoms with Crippen molar-refractivity contribution in [1.29, 1.82) is 0 Å². The van der Waals surface area contributed by atoms with Gasteiger partial charge < -0.3 is 10.1 Å². The molecule has 4 saturated heterocycles. The number of carbonyl (C=O) groups is 2. The van der Waals surface area contributed by atoms with E-state index in [1.54, 1.807) is 4.90 Å². The Labute approximate surface area is 213 Å². The highest BCUT2D eigenvalue weighted by molar-refractivity contribution is 5.88. The smallest absolute Gasteiger partial charge is 0.410 e. The molecule has 1 N–H and O–H groups in total. The first-order valence-electron chi connectivity index (χ1n) is 13.3. The lowest BCUT2D eigenvalue weighted by Gasteiger charge is -2.52. The first kappa shape index (κ1) is 24.8. The minimum absolute atomic E-state index is 0.104. The maximum atomic E-state index is 13.8. The van der Waals surface area contributed by atoms with Gasteiger partial charge in [-0.25, -0.2) is 4.79 Å². The molecular weight excluding hydrogens is 452 g/mol. The minimum Gasteiger partial charge on any atom is -0.444 e. The van der Waals surface area contributed by atoms with E-state index in [0.717, 1.165) is 42.4 Å².